The molecule has 0 saturated heterocycles. The summed E-state index contributed by atoms with van der Waals surface area (Å²) in [5.74, 6) is 0.272. The van der Waals surface area contributed by atoms with Crippen molar-refractivity contribution < 1.29 is 9.21 Å². The molecule has 30 heavy (non-hydrogen) atoms. The molecule has 1 aliphatic rings. The molecule has 0 unspecified atom stereocenters. The third-order valence-corrected chi connectivity index (χ3v) is 4.86. The molecule has 2 aromatic heterocycles. The minimum absolute atomic E-state index is 0.0722. The van der Waals surface area contributed by atoms with Crippen LogP contribution in [0.15, 0.2) is 88.5 Å². The number of benzene rings is 2. The highest BCUT2D eigenvalue weighted by molar-refractivity contribution is 6.16. The van der Waals surface area contributed by atoms with E-state index in [-0.39, 0.29) is 18.2 Å². The van der Waals surface area contributed by atoms with Crippen molar-refractivity contribution in [3.05, 3.63) is 95.8 Å². The number of hydrogen-bond donors (Lipinski definition) is 1. The van der Waals surface area contributed by atoms with Crippen molar-refractivity contribution in [3.8, 4) is 11.5 Å². The van der Waals surface area contributed by atoms with Crippen LogP contribution in [-0.2, 0) is 11.2 Å². The highest BCUT2D eigenvalue weighted by Crippen LogP contribution is 2.24. The van der Waals surface area contributed by atoms with Crippen LogP contribution in [0, 0.1) is 0 Å². The Bertz CT molecular complexity index is 1220. The van der Waals surface area contributed by atoms with Gasteiger partial charge in [0, 0.05) is 35.5 Å². The van der Waals surface area contributed by atoms with Crippen LogP contribution in [0.2, 0.25) is 0 Å². The summed E-state index contributed by atoms with van der Waals surface area (Å²) in [5, 5.41) is 11.1. The van der Waals surface area contributed by atoms with Crippen LogP contribution in [0.1, 0.15) is 16.7 Å². The lowest BCUT2D eigenvalue weighted by Gasteiger charge is -2.11. The van der Waals surface area contributed by atoms with Crippen LogP contribution >= 0.6 is 0 Å². The number of hydrogen-bond acceptors (Lipinski definition) is 7. The van der Waals surface area contributed by atoms with E-state index in [0.717, 1.165) is 28.0 Å². The number of aliphatic imine (C=N–C) groups is 1. The van der Waals surface area contributed by atoms with Gasteiger partial charge in [0.15, 0.2) is 11.9 Å². The van der Waals surface area contributed by atoms with Gasteiger partial charge in [0.1, 0.15) is 0 Å². The number of ketones is 1. The number of aromatic nitrogens is 3. The molecule has 1 aliphatic heterocycles. The normalized spacial score (nSPS) is 15.8. The molecule has 0 bridgehead atoms. The lowest BCUT2D eigenvalue weighted by Crippen LogP contribution is -2.29. The zero-order valence-electron chi connectivity index (χ0n) is 15.9. The van der Waals surface area contributed by atoms with Crippen LogP contribution in [0.3, 0.4) is 0 Å². The standard InChI is InChI=1S/C23H17N5O2/c29-19-14-17-8-4-5-9-18(17)20(15-6-2-1-3-7-15)25-21(19)26-23-28-27-22(30-23)16-10-12-24-13-11-16/h1-13,21H,14H2,(H,26,28)/t21-/m1/s1. The van der Waals surface area contributed by atoms with Crippen LogP contribution in [0.4, 0.5) is 6.01 Å². The maximum Gasteiger partial charge on any atom is 0.317 e. The number of fused-ring (bicyclic) bond motifs is 1. The summed E-state index contributed by atoms with van der Waals surface area (Å²) < 4.78 is 5.70. The SMILES string of the molecule is O=C1Cc2ccccc2C(c2ccccc2)=N[C@@H]1Nc1nnc(-c2ccncc2)o1. The number of nitrogens with one attached hydrogen (secondary N) is 1. The third-order valence-electron chi connectivity index (χ3n) is 4.86. The Morgan fingerprint density at radius 3 is 2.47 bits per heavy atom. The van der Waals surface area contributed by atoms with E-state index in [4.69, 9.17) is 9.41 Å². The van der Waals surface area contributed by atoms with Gasteiger partial charge in [-0.05, 0) is 17.7 Å². The van der Waals surface area contributed by atoms with Crippen molar-refractivity contribution in [1.29, 1.82) is 0 Å². The summed E-state index contributed by atoms with van der Waals surface area (Å²) in [4.78, 5) is 21.7. The lowest BCUT2D eigenvalue weighted by molar-refractivity contribution is -0.119. The van der Waals surface area contributed by atoms with Gasteiger partial charge in [-0.3, -0.25) is 14.8 Å². The molecule has 2 aromatic carbocycles. The first-order valence-corrected chi connectivity index (χ1v) is 9.52. The second-order valence-electron chi connectivity index (χ2n) is 6.84. The van der Waals surface area contributed by atoms with Crippen molar-refractivity contribution in [2.45, 2.75) is 12.6 Å². The minimum atomic E-state index is -0.835. The number of pyridine rings is 1. The van der Waals surface area contributed by atoms with Gasteiger partial charge in [-0.1, -0.05) is 59.7 Å². The quantitative estimate of drug-likeness (QED) is 0.568. The largest absolute Gasteiger partial charge is 0.403 e. The molecule has 3 heterocycles. The third kappa shape index (κ3) is 3.48. The first-order valence-electron chi connectivity index (χ1n) is 9.52. The maximum atomic E-state index is 13.0. The first-order chi connectivity index (χ1) is 14.8. The molecular weight excluding hydrogens is 378 g/mol. The van der Waals surface area contributed by atoms with Crippen molar-refractivity contribution in [2.24, 2.45) is 4.99 Å². The molecule has 0 saturated carbocycles. The minimum Gasteiger partial charge on any atom is -0.403 e. The fraction of sp³-hybridized carbons (Fsp3) is 0.0870. The van der Waals surface area contributed by atoms with Gasteiger partial charge in [-0.15, -0.1) is 5.10 Å². The number of rotatable bonds is 4. The average Bonchev–Trinajstić information content (AvgIpc) is 3.21. The van der Waals surface area contributed by atoms with E-state index in [1.54, 1.807) is 24.5 Å². The highest BCUT2D eigenvalue weighted by atomic mass is 16.4. The van der Waals surface area contributed by atoms with Crippen LogP contribution in [-0.4, -0.2) is 32.8 Å². The number of nitrogens with zero attached hydrogens (tertiary/aromatic N) is 4. The Kier molecular flexibility index (Phi) is 4.61. The van der Waals surface area contributed by atoms with Gasteiger partial charge in [-0.25, -0.2) is 0 Å². The lowest BCUT2D eigenvalue weighted by atomic mass is 9.96. The van der Waals surface area contributed by atoms with E-state index < -0.39 is 6.17 Å². The van der Waals surface area contributed by atoms with E-state index in [1.165, 1.54) is 0 Å². The molecule has 0 aliphatic carbocycles. The van der Waals surface area contributed by atoms with Gasteiger partial charge in [0.25, 0.3) is 0 Å². The van der Waals surface area contributed by atoms with E-state index in [2.05, 4.69) is 20.5 Å². The summed E-state index contributed by atoms with van der Waals surface area (Å²) in [6.07, 6.45) is 2.72. The monoisotopic (exact) mass is 395 g/mol. The second-order valence-corrected chi connectivity index (χ2v) is 6.84. The molecule has 0 amide bonds. The topological polar surface area (TPSA) is 93.3 Å². The molecule has 7 nitrogen and oxygen atoms in total. The Labute approximate surface area is 172 Å². The van der Waals surface area contributed by atoms with Gasteiger partial charge < -0.3 is 9.73 Å². The number of carbonyl (C=O) groups is 1. The molecule has 0 spiro atoms. The molecular formula is C23H17N5O2. The van der Waals surface area contributed by atoms with E-state index in [9.17, 15) is 4.79 Å². The van der Waals surface area contributed by atoms with E-state index >= 15 is 0 Å². The average molecular weight is 395 g/mol. The second kappa shape index (κ2) is 7.71. The van der Waals surface area contributed by atoms with Gasteiger partial charge in [0.2, 0.25) is 5.89 Å². The Hall–Kier alpha value is -4.13. The Morgan fingerprint density at radius 1 is 0.867 bits per heavy atom. The predicted octanol–water partition coefficient (Wildman–Crippen LogP) is 3.53. The highest BCUT2D eigenvalue weighted by Gasteiger charge is 2.27. The Morgan fingerprint density at radius 2 is 1.63 bits per heavy atom. The molecule has 4 aromatic rings. The summed E-state index contributed by atoms with van der Waals surface area (Å²) in [7, 11) is 0. The van der Waals surface area contributed by atoms with Crippen LogP contribution in [0.5, 0.6) is 0 Å². The first kappa shape index (κ1) is 17.9. The molecule has 1 N–H and O–H groups in total. The summed E-state index contributed by atoms with van der Waals surface area (Å²) in [6, 6.07) is 21.3. The van der Waals surface area contributed by atoms with Crippen LogP contribution < -0.4 is 5.32 Å². The summed E-state index contributed by atoms with van der Waals surface area (Å²) >= 11 is 0. The smallest absolute Gasteiger partial charge is 0.317 e. The summed E-state index contributed by atoms with van der Waals surface area (Å²) in [5.41, 5.74) is 4.33. The Balaban J connectivity index is 1.51. The fourth-order valence-electron chi connectivity index (χ4n) is 3.41. The molecule has 1 atom stereocenters. The van der Waals surface area contributed by atoms with E-state index in [0.29, 0.717) is 5.89 Å². The molecule has 0 fully saturated rings. The fourth-order valence-corrected chi connectivity index (χ4v) is 3.41. The van der Waals surface area contributed by atoms with E-state index in [1.807, 2.05) is 54.6 Å². The van der Waals surface area contributed by atoms with Crippen molar-refractivity contribution in [1.82, 2.24) is 15.2 Å². The van der Waals surface area contributed by atoms with Crippen molar-refractivity contribution in [2.75, 3.05) is 5.32 Å². The van der Waals surface area contributed by atoms with Gasteiger partial charge in [0.05, 0.1) is 5.71 Å². The molecule has 146 valence electrons. The molecule has 5 rings (SSSR count). The maximum absolute atomic E-state index is 13.0. The number of anilines is 1. The zero-order valence-corrected chi connectivity index (χ0v) is 15.9. The van der Waals surface area contributed by atoms with Gasteiger partial charge >= 0.3 is 6.01 Å². The molecule has 0 radical (unpaired) electrons. The molecule has 7 heteroatoms. The van der Waals surface area contributed by atoms with Crippen LogP contribution in [0.25, 0.3) is 11.5 Å². The van der Waals surface area contributed by atoms with Crippen molar-refractivity contribution >= 4 is 17.5 Å². The number of Topliss-reactive ketones (excluding diaryl/α,β-unsaturated/α-hetero) is 1. The number of carbonyl (C=O) groups excluding carboxylic acids is 1. The summed E-state index contributed by atoms with van der Waals surface area (Å²) in [6.45, 7) is 0. The zero-order chi connectivity index (χ0) is 20.3. The predicted molar refractivity (Wildman–Crippen MR) is 112 cm³/mol. The van der Waals surface area contributed by atoms with Crippen molar-refractivity contribution in [3.63, 3.8) is 0 Å². The van der Waals surface area contributed by atoms with Gasteiger partial charge in [-0.2, -0.15) is 0 Å².